The number of nitrogens with zero attached hydrogens (tertiary/aromatic N) is 3. The van der Waals surface area contributed by atoms with E-state index in [1.807, 2.05) is 79.9 Å². The summed E-state index contributed by atoms with van der Waals surface area (Å²) in [6, 6.07) is 17.5. The number of esters is 1. The van der Waals surface area contributed by atoms with Gasteiger partial charge in [-0.2, -0.15) is 0 Å². The van der Waals surface area contributed by atoms with E-state index >= 15 is 0 Å². The van der Waals surface area contributed by atoms with Gasteiger partial charge in [0.25, 0.3) is 0 Å². The summed E-state index contributed by atoms with van der Waals surface area (Å²) >= 11 is 7.34. The van der Waals surface area contributed by atoms with Crippen LogP contribution >= 0.6 is 23.4 Å². The van der Waals surface area contributed by atoms with E-state index in [4.69, 9.17) is 16.3 Å². The summed E-state index contributed by atoms with van der Waals surface area (Å²) in [5.41, 5.74) is 1.53. The number of rotatable bonds is 6. The molecule has 0 aliphatic rings. The molecular formula is C21H22ClN3O2S. The first kappa shape index (κ1) is 20.4. The highest BCUT2D eigenvalue weighted by Crippen LogP contribution is 2.26. The molecule has 7 heteroatoms. The number of thioether (sulfide) groups is 1. The Kier molecular flexibility index (Phi) is 6.42. The first-order valence-corrected chi connectivity index (χ1v) is 10.3. The average molecular weight is 416 g/mol. The zero-order chi connectivity index (χ0) is 20.1. The van der Waals surface area contributed by atoms with Crippen LogP contribution in [0.5, 0.6) is 0 Å². The highest BCUT2D eigenvalue weighted by atomic mass is 35.5. The second-order valence-corrected chi connectivity index (χ2v) is 8.64. The molecule has 0 atom stereocenters. The average Bonchev–Trinajstić information content (AvgIpc) is 3.03. The minimum Gasteiger partial charge on any atom is -0.459 e. The molecule has 0 spiro atoms. The van der Waals surface area contributed by atoms with Crippen molar-refractivity contribution in [3.8, 4) is 11.4 Å². The summed E-state index contributed by atoms with van der Waals surface area (Å²) in [4.78, 5) is 12.1. The number of hydrogen-bond acceptors (Lipinski definition) is 5. The van der Waals surface area contributed by atoms with E-state index in [0.29, 0.717) is 16.7 Å². The number of benzene rings is 2. The molecular weight excluding hydrogens is 394 g/mol. The predicted octanol–water partition coefficient (Wildman–Crippen LogP) is 5.08. The van der Waals surface area contributed by atoms with Gasteiger partial charge in [-0.1, -0.05) is 53.7 Å². The van der Waals surface area contributed by atoms with Gasteiger partial charge in [0.2, 0.25) is 0 Å². The van der Waals surface area contributed by atoms with Gasteiger partial charge in [0.1, 0.15) is 5.60 Å². The normalized spacial score (nSPS) is 11.4. The fourth-order valence-electron chi connectivity index (χ4n) is 2.61. The third-order valence-corrected chi connectivity index (χ3v) is 4.93. The van der Waals surface area contributed by atoms with Crippen LogP contribution in [0.3, 0.4) is 0 Å². The zero-order valence-electron chi connectivity index (χ0n) is 16.1. The topological polar surface area (TPSA) is 57.0 Å². The monoisotopic (exact) mass is 415 g/mol. The molecule has 1 aromatic heterocycles. The van der Waals surface area contributed by atoms with Crippen LogP contribution in [-0.2, 0) is 16.1 Å². The van der Waals surface area contributed by atoms with Crippen molar-refractivity contribution in [2.75, 3.05) is 5.75 Å². The molecule has 0 aliphatic carbocycles. The Hall–Kier alpha value is -2.31. The third kappa shape index (κ3) is 5.59. The Balaban J connectivity index is 1.87. The molecule has 146 valence electrons. The maximum atomic E-state index is 12.1. The second kappa shape index (κ2) is 8.80. The van der Waals surface area contributed by atoms with Gasteiger partial charge in [0.15, 0.2) is 11.0 Å². The van der Waals surface area contributed by atoms with Crippen molar-refractivity contribution in [3.05, 3.63) is 65.2 Å². The minimum atomic E-state index is -0.510. The van der Waals surface area contributed by atoms with Crippen molar-refractivity contribution in [2.45, 2.75) is 38.1 Å². The summed E-state index contributed by atoms with van der Waals surface area (Å²) in [6.45, 7) is 6.16. The van der Waals surface area contributed by atoms with Crippen LogP contribution in [0.1, 0.15) is 26.3 Å². The fourth-order valence-corrected chi connectivity index (χ4v) is 3.45. The third-order valence-electron chi connectivity index (χ3n) is 3.74. The molecule has 3 rings (SSSR count). The van der Waals surface area contributed by atoms with Crippen LogP contribution in [0, 0.1) is 0 Å². The summed E-state index contributed by atoms with van der Waals surface area (Å²) in [5, 5.41) is 10.0. The summed E-state index contributed by atoms with van der Waals surface area (Å²) in [5.74, 6) is 0.622. The van der Waals surface area contributed by atoms with Crippen molar-refractivity contribution in [1.29, 1.82) is 0 Å². The van der Waals surface area contributed by atoms with Gasteiger partial charge in [-0.3, -0.25) is 9.36 Å². The Bertz CT molecular complexity index is 935. The molecule has 0 aliphatic heterocycles. The van der Waals surface area contributed by atoms with Crippen LogP contribution in [-0.4, -0.2) is 32.1 Å². The van der Waals surface area contributed by atoms with E-state index < -0.39 is 5.60 Å². The summed E-state index contributed by atoms with van der Waals surface area (Å²) in [7, 11) is 0. The number of ether oxygens (including phenoxy) is 1. The highest BCUT2D eigenvalue weighted by molar-refractivity contribution is 7.99. The van der Waals surface area contributed by atoms with Crippen LogP contribution in [0.4, 0.5) is 0 Å². The summed E-state index contributed by atoms with van der Waals surface area (Å²) < 4.78 is 7.40. The quantitative estimate of drug-likeness (QED) is 0.415. The maximum absolute atomic E-state index is 12.1. The molecule has 0 saturated carbocycles. The molecule has 0 radical (unpaired) electrons. The van der Waals surface area contributed by atoms with Crippen LogP contribution in [0.25, 0.3) is 11.4 Å². The first-order chi connectivity index (χ1) is 13.3. The van der Waals surface area contributed by atoms with Crippen LogP contribution in [0.2, 0.25) is 5.02 Å². The number of halogens is 1. The highest BCUT2D eigenvalue weighted by Gasteiger charge is 2.19. The maximum Gasteiger partial charge on any atom is 0.316 e. The molecule has 28 heavy (non-hydrogen) atoms. The minimum absolute atomic E-state index is 0.171. The Labute approximate surface area is 174 Å². The van der Waals surface area contributed by atoms with Gasteiger partial charge < -0.3 is 4.74 Å². The van der Waals surface area contributed by atoms with E-state index in [1.165, 1.54) is 11.8 Å². The molecule has 2 aromatic carbocycles. The summed E-state index contributed by atoms with van der Waals surface area (Å²) in [6.07, 6.45) is 0. The Morgan fingerprint density at radius 2 is 1.75 bits per heavy atom. The number of carbonyl (C=O) groups excluding carboxylic acids is 1. The number of carbonyl (C=O) groups is 1. The van der Waals surface area contributed by atoms with E-state index in [2.05, 4.69) is 10.2 Å². The molecule has 0 fully saturated rings. The molecule has 0 unspecified atom stereocenters. The van der Waals surface area contributed by atoms with Crippen LogP contribution < -0.4 is 0 Å². The van der Waals surface area contributed by atoms with Gasteiger partial charge in [-0.25, -0.2) is 0 Å². The van der Waals surface area contributed by atoms with Crippen molar-refractivity contribution >= 4 is 29.3 Å². The molecule has 0 N–H and O–H groups in total. The molecule has 5 nitrogen and oxygen atoms in total. The zero-order valence-corrected chi connectivity index (χ0v) is 17.6. The van der Waals surface area contributed by atoms with Gasteiger partial charge >= 0.3 is 5.97 Å². The predicted molar refractivity (Wildman–Crippen MR) is 113 cm³/mol. The Morgan fingerprint density at radius 1 is 1.07 bits per heavy atom. The lowest BCUT2D eigenvalue weighted by atomic mass is 10.2. The number of hydrogen-bond donors (Lipinski definition) is 0. The van der Waals surface area contributed by atoms with Gasteiger partial charge in [0.05, 0.1) is 12.3 Å². The van der Waals surface area contributed by atoms with Gasteiger partial charge in [-0.05, 0) is 50.6 Å². The smallest absolute Gasteiger partial charge is 0.316 e. The molecule has 1 heterocycles. The first-order valence-electron chi connectivity index (χ1n) is 8.89. The SMILES string of the molecule is CC(C)(C)OC(=O)CSc1nnc(-c2ccc(Cl)cc2)n1Cc1ccccc1. The fraction of sp³-hybridized carbons (Fsp3) is 0.286. The van der Waals surface area contributed by atoms with Crippen molar-refractivity contribution in [1.82, 2.24) is 14.8 Å². The lowest BCUT2D eigenvalue weighted by molar-refractivity contribution is -0.151. The standard InChI is InChI=1S/C21H22ClN3O2S/c1-21(2,3)27-18(26)14-28-20-24-23-19(16-9-11-17(22)12-10-16)25(20)13-15-7-5-4-6-8-15/h4-12H,13-14H2,1-3H3. The Morgan fingerprint density at radius 3 is 2.39 bits per heavy atom. The van der Waals surface area contributed by atoms with Crippen molar-refractivity contribution in [2.24, 2.45) is 0 Å². The van der Waals surface area contributed by atoms with E-state index in [1.54, 1.807) is 0 Å². The second-order valence-electron chi connectivity index (χ2n) is 7.26. The van der Waals surface area contributed by atoms with Gasteiger partial charge in [0, 0.05) is 10.6 Å². The van der Waals surface area contributed by atoms with Crippen LogP contribution in [0.15, 0.2) is 59.8 Å². The lowest BCUT2D eigenvalue weighted by Gasteiger charge is -2.19. The molecule has 0 bridgehead atoms. The lowest BCUT2D eigenvalue weighted by Crippen LogP contribution is -2.25. The van der Waals surface area contributed by atoms with E-state index in [-0.39, 0.29) is 11.7 Å². The van der Waals surface area contributed by atoms with E-state index in [9.17, 15) is 4.79 Å². The van der Waals surface area contributed by atoms with Crippen molar-refractivity contribution < 1.29 is 9.53 Å². The molecule has 3 aromatic rings. The van der Waals surface area contributed by atoms with Crippen molar-refractivity contribution in [3.63, 3.8) is 0 Å². The number of aromatic nitrogens is 3. The molecule has 0 amide bonds. The molecule has 0 saturated heterocycles. The van der Waals surface area contributed by atoms with Gasteiger partial charge in [-0.15, -0.1) is 10.2 Å². The largest absolute Gasteiger partial charge is 0.459 e. The van der Waals surface area contributed by atoms with E-state index in [0.717, 1.165) is 17.0 Å².